The third-order valence-corrected chi connectivity index (χ3v) is 17.1. The van der Waals surface area contributed by atoms with Gasteiger partial charge in [0.15, 0.2) is 0 Å². The first-order valence-electron chi connectivity index (χ1n) is 32.0. The quantitative estimate of drug-likeness (QED) is 0.128. The van der Waals surface area contributed by atoms with Crippen molar-refractivity contribution >= 4 is 65.0 Å². The number of rotatable bonds is 17. The van der Waals surface area contributed by atoms with Crippen molar-refractivity contribution in [3.05, 3.63) is 12.2 Å². The first kappa shape index (κ1) is 79.9. The Labute approximate surface area is 527 Å². The predicted octanol–water partition coefficient (Wildman–Crippen LogP) is 4.30. The SMILES string of the molecule is C/C=C/C[C@@H](C)[C@@H](O)[C@H]1C(=O)N[C@@H](CC)C(=O)N(C)CC(=O)N(C)[C@@H](C(C)CC)C(=O)N[C@@H](C(C)C)C(=O)N(C)[C@@H](CC(C)C)C(=O)N[C@@H](CC(C)C)C(=O)N[C@H](C)C(=O)N(C)[C@@H](CC(C)C)C(=O)N(C)[C@@H](CC(C)C)C(=O)N(C)[C@@H](C(C)C)C(=O)N1C. The van der Waals surface area contributed by atoms with Crippen molar-refractivity contribution in [2.75, 3.05) is 55.9 Å². The van der Waals surface area contributed by atoms with Crippen molar-refractivity contribution in [1.29, 1.82) is 0 Å². The Hall–Kier alpha value is -6.13. The van der Waals surface area contributed by atoms with E-state index in [9.17, 15) is 43.5 Å². The molecule has 0 radical (unpaired) electrons. The lowest BCUT2D eigenvalue weighted by Crippen LogP contribution is -2.63. The van der Waals surface area contributed by atoms with Crippen molar-refractivity contribution in [2.24, 2.45) is 47.3 Å². The van der Waals surface area contributed by atoms with Crippen LogP contribution in [0.4, 0.5) is 0 Å². The minimum Gasteiger partial charge on any atom is -0.390 e. The fourth-order valence-electron chi connectivity index (χ4n) is 11.4. The van der Waals surface area contributed by atoms with Gasteiger partial charge in [-0.2, -0.15) is 0 Å². The van der Waals surface area contributed by atoms with Crippen molar-refractivity contribution < 1.29 is 57.8 Å². The van der Waals surface area contributed by atoms with Crippen LogP contribution in [0, 0.1) is 47.3 Å². The predicted molar refractivity (Wildman–Crippen MR) is 342 cm³/mol. The summed E-state index contributed by atoms with van der Waals surface area (Å²) in [6.45, 7) is 31.7. The molecule has 0 aromatic heterocycles. The molecule has 0 aliphatic carbocycles. The molecule has 13 atom stereocenters. The summed E-state index contributed by atoms with van der Waals surface area (Å²) in [5.41, 5.74) is 0. The lowest BCUT2D eigenvalue weighted by molar-refractivity contribution is -0.157. The molecule has 0 bridgehead atoms. The third kappa shape index (κ3) is 22.1. The number of allylic oxidation sites excluding steroid dienone is 2. The standard InChI is InChI=1S/C65H117N11O12/c1-26-29-30-43(17)55(78)54-59(82)67-45(28-3)61(84)70(19)35-50(77)74(23)53(42(16)27-2)58(81)69-51(40(12)13)64(87)71(20)47(32-37(6)7)57(80)68-46(31-36(4)5)56(79)66-44(18)60(83)72(21)48(33-38(8)9)62(85)73(22)49(34-39(10)11)63(86)75(24)52(41(14)15)65(88)76(54)25/h26,29,36-49,51-55,78H,27-28,30-35H2,1-25H3,(H,66,79)(H,67,82)(H,68,80)(H,69,81)/b29-26+/t42?,43-,44-,45+,46+,47+,48+,49+,51+,52+,53+,54+,55-/m1/s1. The van der Waals surface area contributed by atoms with Crippen molar-refractivity contribution in [2.45, 2.75) is 236 Å². The Balaban J connectivity index is 4.42. The number of aliphatic hydroxyl groups is 1. The summed E-state index contributed by atoms with van der Waals surface area (Å²) in [7, 11) is 9.99. The summed E-state index contributed by atoms with van der Waals surface area (Å²) in [6.07, 6.45) is 3.46. The molecule has 0 spiro atoms. The van der Waals surface area contributed by atoms with Gasteiger partial charge in [-0.15, -0.1) is 0 Å². The number of hydrogen-bond donors (Lipinski definition) is 5. The van der Waals surface area contributed by atoms with E-state index >= 15 is 14.4 Å². The van der Waals surface area contributed by atoms with Gasteiger partial charge in [-0.05, 0) is 99.7 Å². The minimum absolute atomic E-state index is 0.0219. The van der Waals surface area contributed by atoms with E-state index in [0.717, 1.165) is 9.80 Å². The molecule has 11 amide bonds. The zero-order valence-electron chi connectivity index (χ0n) is 58.3. The number of likely N-dealkylation sites (N-methyl/N-ethyl adjacent to an activating group) is 7. The van der Waals surface area contributed by atoms with E-state index in [1.165, 1.54) is 80.8 Å². The largest absolute Gasteiger partial charge is 0.390 e. The van der Waals surface area contributed by atoms with Gasteiger partial charge in [0.1, 0.15) is 60.4 Å². The molecule has 1 unspecified atom stereocenters. The van der Waals surface area contributed by atoms with Crippen LogP contribution in [0.25, 0.3) is 0 Å². The van der Waals surface area contributed by atoms with Gasteiger partial charge in [-0.25, -0.2) is 0 Å². The highest BCUT2D eigenvalue weighted by atomic mass is 16.3. The molecule has 5 N–H and O–H groups in total. The monoisotopic (exact) mass is 1240 g/mol. The van der Waals surface area contributed by atoms with Crippen LogP contribution in [0.2, 0.25) is 0 Å². The molecule has 1 heterocycles. The second kappa shape index (κ2) is 36.5. The average molecular weight is 1240 g/mol. The summed E-state index contributed by atoms with van der Waals surface area (Å²) >= 11 is 0. The normalized spacial score (nSPS) is 26.8. The lowest BCUT2D eigenvalue weighted by Gasteiger charge is -2.41. The van der Waals surface area contributed by atoms with Crippen LogP contribution < -0.4 is 21.3 Å². The molecule has 23 heteroatoms. The van der Waals surface area contributed by atoms with Crippen LogP contribution in [-0.2, 0) is 52.7 Å². The Morgan fingerprint density at radius 2 is 0.909 bits per heavy atom. The van der Waals surface area contributed by atoms with E-state index in [0.29, 0.717) is 12.8 Å². The molecule has 1 rings (SSSR count). The van der Waals surface area contributed by atoms with Gasteiger partial charge < -0.3 is 60.7 Å². The molecule has 23 nitrogen and oxygen atoms in total. The van der Waals surface area contributed by atoms with Crippen molar-refractivity contribution in [3.63, 3.8) is 0 Å². The molecule has 88 heavy (non-hydrogen) atoms. The van der Waals surface area contributed by atoms with E-state index < -0.39 is 162 Å². The van der Waals surface area contributed by atoms with Crippen LogP contribution in [0.15, 0.2) is 12.2 Å². The van der Waals surface area contributed by atoms with Gasteiger partial charge in [0.2, 0.25) is 65.0 Å². The zero-order valence-corrected chi connectivity index (χ0v) is 58.3. The second-order valence-electron chi connectivity index (χ2n) is 27.2. The fourth-order valence-corrected chi connectivity index (χ4v) is 11.4. The summed E-state index contributed by atoms with van der Waals surface area (Å²) < 4.78 is 0. The van der Waals surface area contributed by atoms with Gasteiger partial charge in [0.05, 0.1) is 12.6 Å². The maximum absolute atomic E-state index is 15.2. The molecule has 504 valence electrons. The molecular formula is C65H117N11O12. The van der Waals surface area contributed by atoms with E-state index in [2.05, 4.69) is 21.3 Å². The van der Waals surface area contributed by atoms with Crippen molar-refractivity contribution in [3.8, 4) is 0 Å². The molecule has 1 aliphatic heterocycles. The van der Waals surface area contributed by atoms with Gasteiger partial charge >= 0.3 is 0 Å². The zero-order chi connectivity index (χ0) is 68.3. The van der Waals surface area contributed by atoms with Crippen LogP contribution in [0.3, 0.4) is 0 Å². The van der Waals surface area contributed by atoms with E-state index in [4.69, 9.17) is 0 Å². The first-order chi connectivity index (χ1) is 40.7. The van der Waals surface area contributed by atoms with E-state index in [1.54, 1.807) is 61.5 Å². The summed E-state index contributed by atoms with van der Waals surface area (Å²) in [6, 6.07) is -12.3. The first-order valence-corrected chi connectivity index (χ1v) is 32.0. The topological polar surface area (TPSA) is 279 Å². The smallest absolute Gasteiger partial charge is 0.246 e. The Morgan fingerprint density at radius 1 is 0.466 bits per heavy atom. The molecule has 1 saturated heterocycles. The molecule has 0 aromatic carbocycles. The van der Waals surface area contributed by atoms with E-state index in [-0.39, 0.29) is 55.8 Å². The Bertz CT molecular complexity index is 2400. The van der Waals surface area contributed by atoms with Crippen molar-refractivity contribution in [1.82, 2.24) is 55.6 Å². The molecular weight excluding hydrogens is 1130 g/mol. The molecule has 0 saturated carbocycles. The van der Waals surface area contributed by atoms with E-state index in [1.807, 2.05) is 68.4 Å². The van der Waals surface area contributed by atoms with Gasteiger partial charge in [0.25, 0.3) is 0 Å². The highest BCUT2D eigenvalue weighted by molar-refractivity contribution is 5.99. The van der Waals surface area contributed by atoms with Gasteiger partial charge in [-0.3, -0.25) is 52.7 Å². The van der Waals surface area contributed by atoms with Gasteiger partial charge in [-0.1, -0.05) is 129 Å². The number of nitrogens with one attached hydrogen (secondary N) is 4. The fraction of sp³-hybridized carbons (Fsp3) is 0.800. The maximum Gasteiger partial charge on any atom is 0.246 e. The lowest BCUT2D eigenvalue weighted by atomic mass is 9.91. The highest BCUT2D eigenvalue weighted by Crippen LogP contribution is 2.26. The third-order valence-electron chi connectivity index (χ3n) is 17.1. The maximum atomic E-state index is 15.2. The second-order valence-corrected chi connectivity index (χ2v) is 27.2. The summed E-state index contributed by atoms with van der Waals surface area (Å²) in [5, 5.41) is 23.4. The number of hydrogen-bond acceptors (Lipinski definition) is 12. The van der Waals surface area contributed by atoms with Crippen LogP contribution in [0.1, 0.15) is 170 Å². The summed E-state index contributed by atoms with van der Waals surface area (Å²) in [4.78, 5) is 171. The molecule has 1 aliphatic rings. The number of aliphatic hydroxyl groups excluding tert-OH is 1. The van der Waals surface area contributed by atoms with Crippen LogP contribution >= 0.6 is 0 Å². The number of carbonyl (C=O) groups is 11. The Morgan fingerprint density at radius 3 is 1.36 bits per heavy atom. The number of nitrogens with zero attached hydrogens (tertiary/aromatic N) is 7. The van der Waals surface area contributed by atoms with Crippen LogP contribution in [-0.4, -0.2) is 227 Å². The van der Waals surface area contributed by atoms with Crippen LogP contribution in [0.5, 0.6) is 0 Å². The number of amides is 11. The molecule has 0 aromatic rings. The minimum atomic E-state index is -1.61. The Kier molecular flexibility index (Phi) is 33.1. The number of carbonyl (C=O) groups excluding carboxylic acids is 11. The van der Waals surface area contributed by atoms with Gasteiger partial charge in [0, 0.05) is 49.3 Å². The highest BCUT2D eigenvalue weighted by Gasteiger charge is 2.46. The molecule has 1 fully saturated rings. The average Bonchev–Trinajstić information content (AvgIpc) is 1.54. The summed E-state index contributed by atoms with van der Waals surface area (Å²) in [5.74, 6) is -10.1.